The van der Waals surface area contributed by atoms with Crippen LogP contribution in [0.4, 0.5) is 5.69 Å². The van der Waals surface area contributed by atoms with Gasteiger partial charge in [-0.25, -0.2) is 4.98 Å². The lowest BCUT2D eigenvalue weighted by Crippen LogP contribution is -2.89. The molecule has 0 amide bonds. The fraction of sp³-hybridized carbons (Fsp3) is 0.400. The van der Waals surface area contributed by atoms with E-state index in [1.54, 1.807) is 0 Å². The Morgan fingerprint density at radius 3 is 2.33 bits per heavy atom. The Morgan fingerprint density at radius 1 is 0.815 bits per heavy atom. The van der Waals surface area contributed by atoms with Crippen LogP contribution in [0.2, 0.25) is 20.5 Å². The monoisotopic (exact) mass is 357 g/mol. The molecule has 0 spiro atoms. The maximum atomic E-state index is 4.69. The Labute approximate surface area is 163 Å². The van der Waals surface area contributed by atoms with Crippen LogP contribution < -0.4 is 4.72 Å². The molecule has 7 nitrogen and oxygen atoms in total. The second-order valence-corrected chi connectivity index (χ2v) is 8.11. The van der Waals surface area contributed by atoms with Crippen molar-refractivity contribution in [1.29, 1.82) is 0 Å². The molecule has 0 bridgehead atoms. The molecule has 3 aliphatic heterocycles. The van der Waals surface area contributed by atoms with Crippen LogP contribution in [0.25, 0.3) is 11.4 Å². The van der Waals surface area contributed by atoms with E-state index >= 15 is 0 Å². The van der Waals surface area contributed by atoms with Crippen molar-refractivity contribution >= 4 is 40.9 Å². The van der Waals surface area contributed by atoms with Gasteiger partial charge in [-0.15, -0.1) is 0 Å². The predicted molar refractivity (Wildman–Crippen MR) is 117 cm³/mol. The Morgan fingerprint density at radius 2 is 1.56 bits per heavy atom. The van der Waals surface area contributed by atoms with E-state index in [1.807, 2.05) is 6.20 Å². The van der Waals surface area contributed by atoms with Crippen LogP contribution in [0.3, 0.4) is 0 Å². The summed E-state index contributed by atoms with van der Waals surface area (Å²) in [6, 6.07) is 8.65. The van der Waals surface area contributed by atoms with Gasteiger partial charge in [-0.05, 0) is 33.3 Å². The molecule has 1 aromatic heterocycles. The summed E-state index contributed by atoms with van der Waals surface area (Å²) in [6.45, 7) is 7.91. The van der Waals surface area contributed by atoms with Gasteiger partial charge in [0.15, 0.2) is 0 Å². The van der Waals surface area contributed by atoms with E-state index in [1.165, 1.54) is 11.3 Å². The molecule has 0 N–H and O–H groups in total. The smallest absolute Gasteiger partial charge is 0.415 e. The van der Waals surface area contributed by atoms with Crippen molar-refractivity contribution in [3.05, 3.63) is 36.7 Å². The number of hydrogen-bond acceptors (Lipinski definition) is 6. The summed E-state index contributed by atoms with van der Waals surface area (Å²) in [5, 5.41) is 0. The zero-order valence-electron chi connectivity index (χ0n) is 17.0. The minimum Gasteiger partial charge on any atom is -0.415 e. The van der Waals surface area contributed by atoms with Gasteiger partial charge in [-0.2, -0.15) is 0 Å². The molecule has 0 radical (unpaired) electrons. The molecule has 5 rings (SSSR count). The topological polar surface area (TPSA) is 34.0 Å². The highest BCUT2D eigenvalue weighted by Gasteiger charge is 2.60. The molecular weight excluding hydrogens is 332 g/mol. The minimum absolute atomic E-state index is 0.110. The van der Waals surface area contributed by atoms with Crippen molar-refractivity contribution in [2.75, 3.05) is 25.9 Å². The summed E-state index contributed by atoms with van der Waals surface area (Å²) in [7, 11) is 7.02. The predicted octanol–water partition coefficient (Wildman–Crippen LogP) is 0.667. The number of imidazole rings is 1. The first-order valence-electron chi connectivity index (χ1n) is 9.77. The average molecular weight is 356 g/mol. The number of rotatable bonds is 0. The van der Waals surface area contributed by atoms with Crippen molar-refractivity contribution in [2.24, 2.45) is 0 Å². The third-order valence-electron chi connectivity index (χ3n) is 6.98. The largest absolute Gasteiger partial charge is 0.454 e. The van der Waals surface area contributed by atoms with Crippen LogP contribution in [-0.2, 0) is 0 Å². The first-order chi connectivity index (χ1) is 12.9. The van der Waals surface area contributed by atoms with Gasteiger partial charge in [0.25, 0.3) is 14.0 Å². The molecule has 2 saturated heterocycles. The van der Waals surface area contributed by atoms with Gasteiger partial charge in [0, 0.05) is 23.6 Å². The van der Waals surface area contributed by atoms with E-state index in [0.29, 0.717) is 14.0 Å². The van der Waals surface area contributed by atoms with Crippen molar-refractivity contribution < 1.29 is 0 Å². The number of benzene rings is 1. The third kappa shape index (κ3) is 2.15. The van der Waals surface area contributed by atoms with E-state index in [-0.39, 0.29) is 21.2 Å². The summed E-state index contributed by atoms with van der Waals surface area (Å²) >= 11 is 0. The number of anilines is 1. The first kappa shape index (κ1) is 17.5. The molecular formula is C15H24B5N7. The molecule has 134 valence electrons. The van der Waals surface area contributed by atoms with Crippen LogP contribution in [0.1, 0.15) is 0 Å². The van der Waals surface area contributed by atoms with Gasteiger partial charge < -0.3 is 28.0 Å². The van der Waals surface area contributed by atoms with Gasteiger partial charge in [0.05, 0.1) is 0 Å². The highest BCUT2D eigenvalue weighted by atomic mass is 15.5. The van der Waals surface area contributed by atoms with Gasteiger partial charge >= 0.3 is 21.2 Å². The van der Waals surface area contributed by atoms with E-state index in [9.17, 15) is 0 Å². The maximum absolute atomic E-state index is 4.69. The first-order valence-corrected chi connectivity index (χ1v) is 9.77. The number of para-hydroxylation sites is 1. The van der Waals surface area contributed by atoms with Gasteiger partial charge in [-0.1, -0.05) is 32.6 Å². The highest BCUT2D eigenvalue weighted by molar-refractivity contribution is 7.02. The Kier molecular flexibility index (Phi) is 3.85. The van der Waals surface area contributed by atoms with E-state index in [4.69, 9.17) is 0 Å². The summed E-state index contributed by atoms with van der Waals surface area (Å²) < 4.78 is 14.8. The second kappa shape index (κ2) is 5.94. The van der Waals surface area contributed by atoms with E-state index in [2.05, 4.69) is 105 Å². The number of nitrogens with zero attached hydrogens (tertiary/aromatic N) is 7. The molecule has 0 unspecified atom stereocenters. The fourth-order valence-electron chi connectivity index (χ4n) is 5.31. The molecule has 1 aromatic carbocycles. The van der Waals surface area contributed by atoms with Crippen LogP contribution in [-0.4, -0.2) is 84.6 Å². The van der Waals surface area contributed by atoms with Gasteiger partial charge in [0.1, 0.15) is 5.82 Å². The fourth-order valence-corrected chi connectivity index (χ4v) is 5.31. The van der Waals surface area contributed by atoms with Crippen LogP contribution in [0.5, 0.6) is 0 Å². The molecule has 27 heavy (non-hydrogen) atoms. The summed E-state index contributed by atoms with van der Waals surface area (Å²) in [4.78, 5) is 4.69. The van der Waals surface area contributed by atoms with E-state index in [0.717, 1.165) is 5.82 Å². The molecule has 0 aliphatic carbocycles. The van der Waals surface area contributed by atoms with Crippen LogP contribution in [0, 0.1) is 0 Å². The zero-order chi connectivity index (χ0) is 19.0. The summed E-state index contributed by atoms with van der Waals surface area (Å²) in [5.41, 5.74) is 2.47. The zero-order valence-corrected chi connectivity index (χ0v) is 17.0. The normalized spacial score (nSPS) is 21.4. The molecule has 3 aliphatic rings. The molecule has 0 atom stereocenters. The van der Waals surface area contributed by atoms with Crippen molar-refractivity contribution in [3.8, 4) is 11.4 Å². The number of aromatic nitrogens is 2. The number of fused-ring (bicyclic) bond motifs is 7. The Balaban J connectivity index is 1.69. The summed E-state index contributed by atoms with van der Waals surface area (Å²) in [5.74, 6) is 1.05. The van der Waals surface area contributed by atoms with E-state index < -0.39 is 0 Å². The lowest BCUT2D eigenvalue weighted by molar-refractivity contribution is 0.512. The highest BCUT2D eigenvalue weighted by Crippen LogP contribution is 2.40. The molecule has 0 saturated carbocycles. The average Bonchev–Trinajstić information content (AvgIpc) is 3.16. The number of hydrogen-bond donors (Lipinski definition) is 0. The van der Waals surface area contributed by atoms with Crippen LogP contribution >= 0.6 is 0 Å². The lowest BCUT2D eigenvalue weighted by atomic mass is 9.37. The third-order valence-corrected chi connectivity index (χ3v) is 6.98. The molecule has 2 aromatic rings. The summed E-state index contributed by atoms with van der Waals surface area (Å²) in [6.07, 6.45) is 4.04. The standard InChI is InChI=1S/C15H24B5N7/c1-16-22(4)17(2)27-18(3)26-14-10-8-7-9-13(14)15-21-11-12-25(15)20(26)24(6)19(27)23(16)5/h7-12H,1-6H3. The quantitative estimate of drug-likeness (QED) is 0.646. The SMILES string of the molecule is CB1N(C)B(C)N2B(N1C)N(C)B1N(B2C)c2ccccc2-c2nccn21. The lowest BCUT2D eigenvalue weighted by Gasteiger charge is -2.61. The van der Waals surface area contributed by atoms with Crippen LogP contribution in [0.15, 0.2) is 36.7 Å². The van der Waals surface area contributed by atoms with Gasteiger partial charge in [0.2, 0.25) is 0 Å². The van der Waals surface area contributed by atoms with Crippen molar-refractivity contribution in [1.82, 2.24) is 28.3 Å². The molecule has 12 heteroatoms. The maximum Gasteiger partial charge on any atom is 0.454 e. The van der Waals surface area contributed by atoms with Crippen molar-refractivity contribution in [3.63, 3.8) is 0 Å². The van der Waals surface area contributed by atoms with Gasteiger partial charge in [-0.3, -0.25) is 0 Å². The molecule has 4 heterocycles. The Hall–Kier alpha value is -1.61. The van der Waals surface area contributed by atoms with Crippen molar-refractivity contribution in [2.45, 2.75) is 20.5 Å². The Bertz CT molecular complexity index is 880. The molecule has 2 fully saturated rings. The second-order valence-electron chi connectivity index (χ2n) is 8.11. The minimum atomic E-state index is 0.110.